The van der Waals surface area contributed by atoms with Crippen molar-refractivity contribution >= 4 is 0 Å². The average Bonchev–Trinajstić information content (AvgIpc) is 2.05. The van der Waals surface area contributed by atoms with Crippen molar-refractivity contribution in [2.45, 2.75) is 26.4 Å². The summed E-state index contributed by atoms with van der Waals surface area (Å²) in [4.78, 5) is 2.10. The molecule has 76 valence electrons. The van der Waals surface area contributed by atoms with Gasteiger partial charge in [-0.25, -0.2) is 5.90 Å². The second-order valence-electron chi connectivity index (χ2n) is 3.22. The van der Waals surface area contributed by atoms with Gasteiger partial charge in [-0.2, -0.15) is 0 Å². The van der Waals surface area contributed by atoms with Crippen LogP contribution in [0.2, 0.25) is 0 Å². The van der Waals surface area contributed by atoms with Crippen LogP contribution in [0.1, 0.15) is 20.3 Å². The van der Waals surface area contributed by atoms with E-state index in [2.05, 4.69) is 17.7 Å². The van der Waals surface area contributed by atoms with E-state index < -0.39 is 0 Å². The number of hydrogen-bond acceptors (Lipinski definition) is 4. The van der Waals surface area contributed by atoms with Crippen molar-refractivity contribution < 1.29 is 10.3 Å². The van der Waals surface area contributed by atoms with E-state index in [1.165, 1.54) is 0 Å². The van der Waals surface area contributed by atoms with Gasteiger partial charge in [0.1, 0.15) is 0 Å². The van der Waals surface area contributed by atoms with Crippen LogP contribution in [0.5, 0.6) is 0 Å². The van der Waals surface area contributed by atoms with Crippen LogP contribution in [-0.4, -0.2) is 42.0 Å². The largest absolute Gasteiger partial charge is 0.393 e. The second-order valence-corrected chi connectivity index (χ2v) is 3.22. The third-order valence-corrected chi connectivity index (χ3v) is 1.73. The van der Waals surface area contributed by atoms with Gasteiger partial charge in [0.15, 0.2) is 0 Å². The molecule has 0 saturated carbocycles. The lowest BCUT2D eigenvalue weighted by Gasteiger charge is -2.20. The monoisotopic (exact) mass is 178 g/mol. The Morgan fingerprint density at radius 1 is 1.33 bits per heavy atom. The first-order valence-corrected chi connectivity index (χ1v) is 4.16. The van der Waals surface area contributed by atoms with Crippen molar-refractivity contribution in [1.82, 2.24) is 4.90 Å². The smallest absolute Gasteiger partial charge is 0.0575 e. The van der Waals surface area contributed by atoms with Gasteiger partial charge in [-0.3, -0.25) is 0 Å². The van der Waals surface area contributed by atoms with Crippen molar-refractivity contribution in [3.8, 4) is 0 Å². The molecule has 0 aromatic heterocycles. The molecule has 0 amide bonds. The Morgan fingerprint density at radius 2 is 1.75 bits per heavy atom. The van der Waals surface area contributed by atoms with Gasteiger partial charge >= 0.3 is 0 Å². The first kappa shape index (κ1) is 14.4. The molecule has 0 radical (unpaired) electrons. The Bertz CT molecular complexity index is 89.1. The molecule has 4 N–H and O–H groups in total. The maximum absolute atomic E-state index is 9.35. The summed E-state index contributed by atoms with van der Waals surface area (Å²) in [5.41, 5.74) is 0. The maximum Gasteiger partial charge on any atom is 0.0575 e. The number of rotatable bonds is 4. The Hall–Kier alpha value is -0.160. The number of hydrogen-bond donors (Lipinski definition) is 3. The standard InChI is InChI=1S/C8H19NO.H3NO/c1-5-8(10)7(2)6-9(3)4;1-2/h7-8,10H,5-6H2,1-4H3;2H,1H2. The van der Waals surface area contributed by atoms with Crippen molar-refractivity contribution in [1.29, 1.82) is 0 Å². The van der Waals surface area contributed by atoms with E-state index in [1.807, 2.05) is 21.0 Å². The SMILES string of the molecule is CCC(O)C(C)CN(C)C.NO. The summed E-state index contributed by atoms with van der Waals surface area (Å²) in [6.07, 6.45) is 0.719. The van der Waals surface area contributed by atoms with E-state index in [0.717, 1.165) is 13.0 Å². The topological polar surface area (TPSA) is 69.7 Å². The zero-order chi connectivity index (χ0) is 10.1. The lowest BCUT2D eigenvalue weighted by molar-refractivity contribution is 0.0964. The minimum atomic E-state index is -0.137. The van der Waals surface area contributed by atoms with Crippen molar-refractivity contribution in [2.75, 3.05) is 20.6 Å². The fraction of sp³-hybridized carbons (Fsp3) is 1.00. The van der Waals surface area contributed by atoms with Crippen LogP contribution in [-0.2, 0) is 0 Å². The molecule has 0 fully saturated rings. The molecule has 0 rings (SSSR count). The summed E-state index contributed by atoms with van der Waals surface area (Å²) in [5, 5.41) is 15.8. The Balaban J connectivity index is 0. The lowest BCUT2D eigenvalue weighted by atomic mass is 10.0. The molecule has 4 heteroatoms. The predicted octanol–water partition coefficient (Wildman–Crippen LogP) is 0.289. The Labute approximate surface area is 74.9 Å². The predicted molar refractivity (Wildman–Crippen MR) is 50.0 cm³/mol. The van der Waals surface area contributed by atoms with Gasteiger partial charge < -0.3 is 15.2 Å². The van der Waals surface area contributed by atoms with Crippen LogP contribution < -0.4 is 5.90 Å². The van der Waals surface area contributed by atoms with E-state index in [1.54, 1.807) is 0 Å². The number of aliphatic hydroxyl groups is 1. The quantitative estimate of drug-likeness (QED) is 0.541. The van der Waals surface area contributed by atoms with Crippen LogP contribution in [0.3, 0.4) is 0 Å². The molecular formula is C8H22N2O2. The molecule has 0 bridgehead atoms. The third kappa shape index (κ3) is 7.94. The number of nitrogens with zero attached hydrogens (tertiary/aromatic N) is 1. The molecule has 0 aromatic carbocycles. The van der Waals surface area contributed by atoms with Crippen LogP contribution in [0.15, 0.2) is 0 Å². The zero-order valence-corrected chi connectivity index (χ0v) is 8.49. The summed E-state index contributed by atoms with van der Waals surface area (Å²) < 4.78 is 0. The molecule has 0 aliphatic heterocycles. The van der Waals surface area contributed by atoms with Crippen molar-refractivity contribution in [3.63, 3.8) is 0 Å². The van der Waals surface area contributed by atoms with Gasteiger partial charge in [0.05, 0.1) is 6.10 Å². The lowest BCUT2D eigenvalue weighted by Crippen LogP contribution is -2.28. The van der Waals surface area contributed by atoms with E-state index >= 15 is 0 Å². The summed E-state index contributed by atoms with van der Waals surface area (Å²) >= 11 is 0. The minimum Gasteiger partial charge on any atom is -0.393 e. The van der Waals surface area contributed by atoms with Crippen LogP contribution >= 0.6 is 0 Å². The van der Waals surface area contributed by atoms with Gasteiger partial charge in [-0.1, -0.05) is 13.8 Å². The Morgan fingerprint density at radius 3 is 2.00 bits per heavy atom. The van der Waals surface area contributed by atoms with E-state index in [-0.39, 0.29) is 6.10 Å². The molecule has 2 atom stereocenters. The molecule has 12 heavy (non-hydrogen) atoms. The van der Waals surface area contributed by atoms with E-state index in [9.17, 15) is 5.11 Å². The van der Waals surface area contributed by atoms with Crippen LogP contribution in [0.4, 0.5) is 0 Å². The van der Waals surface area contributed by atoms with Crippen LogP contribution in [0.25, 0.3) is 0 Å². The summed E-state index contributed by atoms with van der Waals surface area (Å²) in [6, 6.07) is 0. The van der Waals surface area contributed by atoms with Gasteiger partial charge in [0.2, 0.25) is 0 Å². The second kappa shape index (κ2) is 8.93. The minimum absolute atomic E-state index is 0.137. The van der Waals surface area contributed by atoms with Crippen molar-refractivity contribution in [3.05, 3.63) is 0 Å². The van der Waals surface area contributed by atoms with Crippen LogP contribution in [0, 0.1) is 5.92 Å². The van der Waals surface area contributed by atoms with E-state index in [0.29, 0.717) is 5.92 Å². The summed E-state index contributed by atoms with van der Waals surface area (Å²) in [7, 11) is 4.05. The highest BCUT2D eigenvalue weighted by atomic mass is 16.4. The first-order valence-electron chi connectivity index (χ1n) is 4.16. The number of nitrogens with two attached hydrogens (primary N) is 1. The van der Waals surface area contributed by atoms with Gasteiger partial charge in [-0.15, -0.1) is 0 Å². The highest BCUT2D eigenvalue weighted by Crippen LogP contribution is 2.06. The highest BCUT2D eigenvalue weighted by molar-refractivity contribution is 4.64. The molecule has 0 aliphatic rings. The molecule has 0 heterocycles. The fourth-order valence-electron chi connectivity index (χ4n) is 1.10. The summed E-state index contributed by atoms with van der Waals surface area (Å²) in [6.45, 7) is 5.06. The molecule has 2 unspecified atom stereocenters. The first-order chi connectivity index (χ1) is 5.57. The fourth-order valence-corrected chi connectivity index (χ4v) is 1.10. The van der Waals surface area contributed by atoms with Crippen molar-refractivity contribution in [2.24, 2.45) is 11.8 Å². The molecule has 4 nitrogen and oxygen atoms in total. The normalized spacial score (nSPS) is 15.0. The molecular weight excluding hydrogens is 156 g/mol. The average molecular weight is 178 g/mol. The van der Waals surface area contributed by atoms with Gasteiger partial charge in [0.25, 0.3) is 0 Å². The van der Waals surface area contributed by atoms with E-state index in [4.69, 9.17) is 5.21 Å². The molecule has 0 saturated heterocycles. The zero-order valence-electron chi connectivity index (χ0n) is 8.49. The van der Waals surface area contributed by atoms with Gasteiger partial charge in [0, 0.05) is 6.54 Å². The Kier molecular flexibility index (Phi) is 10.7. The molecule has 0 aliphatic carbocycles. The number of aliphatic hydroxyl groups excluding tert-OH is 1. The maximum atomic E-state index is 9.35. The third-order valence-electron chi connectivity index (χ3n) is 1.73. The molecule has 0 aromatic rings. The highest BCUT2D eigenvalue weighted by Gasteiger charge is 2.11. The summed E-state index contributed by atoms with van der Waals surface area (Å²) in [5.74, 6) is 3.89. The van der Waals surface area contributed by atoms with Gasteiger partial charge in [-0.05, 0) is 26.4 Å². The molecule has 0 spiro atoms.